The van der Waals surface area contributed by atoms with Crippen LogP contribution in [0.3, 0.4) is 0 Å². The summed E-state index contributed by atoms with van der Waals surface area (Å²) in [7, 11) is 0. The Balaban J connectivity index is 2.94. The molecule has 3 heteroatoms. The van der Waals surface area contributed by atoms with E-state index in [1.54, 1.807) is 6.20 Å². The first kappa shape index (κ1) is 12.0. The third-order valence-electron chi connectivity index (χ3n) is 2.79. The first-order valence-electron chi connectivity index (χ1n) is 5.80. The van der Waals surface area contributed by atoms with Gasteiger partial charge in [0.05, 0.1) is 0 Å². The summed E-state index contributed by atoms with van der Waals surface area (Å²) in [6.45, 7) is 6.25. The Hall–Kier alpha value is -1.12. The monoisotopic (exact) mass is 208 g/mol. The van der Waals surface area contributed by atoms with E-state index in [4.69, 9.17) is 0 Å². The van der Waals surface area contributed by atoms with Crippen LogP contribution < -0.4 is 5.56 Å². The zero-order valence-corrected chi connectivity index (χ0v) is 9.84. The lowest BCUT2D eigenvalue weighted by Gasteiger charge is -2.12. The van der Waals surface area contributed by atoms with Gasteiger partial charge in [-0.15, -0.1) is 0 Å². The van der Waals surface area contributed by atoms with Gasteiger partial charge < -0.3 is 4.98 Å². The molecule has 1 N–H and O–H groups in total. The van der Waals surface area contributed by atoms with Crippen LogP contribution in [-0.4, -0.2) is 9.97 Å². The van der Waals surface area contributed by atoms with E-state index in [0.29, 0.717) is 5.92 Å². The molecule has 0 aromatic carbocycles. The molecule has 0 aliphatic carbocycles. The largest absolute Gasteiger partial charge is 0.310 e. The van der Waals surface area contributed by atoms with Gasteiger partial charge in [0.1, 0.15) is 5.82 Å². The van der Waals surface area contributed by atoms with Gasteiger partial charge in [-0.2, -0.15) is 0 Å². The summed E-state index contributed by atoms with van der Waals surface area (Å²) >= 11 is 0. The molecule has 0 saturated carbocycles. The molecule has 3 nitrogen and oxygen atoms in total. The molecule has 84 valence electrons. The molecule has 0 amide bonds. The molecule has 0 aliphatic rings. The SMILES string of the molecule is CCCC(CC)c1ncc(CC)c(=O)[nH]1. The minimum atomic E-state index is 0.0250. The lowest BCUT2D eigenvalue weighted by molar-refractivity contribution is 0.561. The quantitative estimate of drug-likeness (QED) is 0.808. The first-order valence-corrected chi connectivity index (χ1v) is 5.80. The highest BCUT2D eigenvalue weighted by atomic mass is 16.1. The van der Waals surface area contributed by atoms with Crippen molar-refractivity contribution in [2.75, 3.05) is 0 Å². The van der Waals surface area contributed by atoms with Gasteiger partial charge in [0.2, 0.25) is 0 Å². The van der Waals surface area contributed by atoms with Crippen molar-refractivity contribution in [3.05, 3.63) is 27.9 Å². The molecule has 1 atom stereocenters. The standard InChI is InChI=1S/C12H20N2O/c1-4-7-9(5-2)11-13-8-10(6-3)12(15)14-11/h8-9H,4-7H2,1-3H3,(H,13,14,15). The van der Waals surface area contributed by atoms with E-state index >= 15 is 0 Å². The number of H-pyrrole nitrogens is 1. The molecule has 1 rings (SSSR count). The van der Waals surface area contributed by atoms with Crippen LogP contribution in [0, 0.1) is 0 Å². The first-order chi connectivity index (χ1) is 7.22. The highest BCUT2D eigenvalue weighted by Gasteiger charge is 2.11. The van der Waals surface area contributed by atoms with E-state index in [-0.39, 0.29) is 5.56 Å². The van der Waals surface area contributed by atoms with Gasteiger partial charge in [-0.05, 0) is 19.3 Å². The molecule has 0 bridgehead atoms. The fourth-order valence-electron chi connectivity index (χ4n) is 1.78. The third-order valence-corrected chi connectivity index (χ3v) is 2.79. The Morgan fingerprint density at radius 3 is 2.60 bits per heavy atom. The summed E-state index contributed by atoms with van der Waals surface area (Å²) in [5, 5.41) is 0. The van der Waals surface area contributed by atoms with Gasteiger partial charge in [0, 0.05) is 17.7 Å². The second-order valence-electron chi connectivity index (χ2n) is 3.87. The molecule has 1 unspecified atom stereocenters. The van der Waals surface area contributed by atoms with Gasteiger partial charge in [-0.3, -0.25) is 4.79 Å². The molecule has 0 aliphatic heterocycles. The topological polar surface area (TPSA) is 45.8 Å². The fraction of sp³-hybridized carbons (Fsp3) is 0.667. The lowest BCUT2D eigenvalue weighted by Crippen LogP contribution is -2.17. The summed E-state index contributed by atoms with van der Waals surface area (Å²) in [6.07, 6.45) is 5.70. The predicted molar refractivity (Wildman–Crippen MR) is 62.2 cm³/mol. The maximum atomic E-state index is 11.6. The summed E-state index contributed by atoms with van der Waals surface area (Å²) in [4.78, 5) is 18.8. The van der Waals surface area contributed by atoms with E-state index in [9.17, 15) is 4.79 Å². The zero-order chi connectivity index (χ0) is 11.3. The molecular formula is C12H20N2O. The summed E-state index contributed by atoms with van der Waals surface area (Å²) < 4.78 is 0. The molecule has 0 saturated heterocycles. The van der Waals surface area contributed by atoms with Gasteiger partial charge >= 0.3 is 0 Å². The van der Waals surface area contributed by atoms with E-state index in [0.717, 1.165) is 37.1 Å². The zero-order valence-electron chi connectivity index (χ0n) is 9.84. The average Bonchev–Trinajstić information content (AvgIpc) is 2.25. The minimum absolute atomic E-state index is 0.0250. The van der Waals surface area contributed by atoms with Crippen molar-refractivity contribution in [3.8, 4) is 0 Å². The van der Waals surface area contributed by atoms with Crippen LogP contribution >= 0.6 is 0 Å². The molecule has 1 aromatic rings. The van der Waals surface area contributed by atoms with Crippen molar-refractivity contribution < 1.29 is 0 Å². The second kappa shape index (κ2) is 5.69. The van der Waals surface area contributed by atoms with Crippen molar-refractivity contribution in [1.29, 1.82) is 0 Å². The van der Waals surface area contributed by atoms with Crippen molar-refractivity contribution in [1.82, 2.24) is 9.97 Å². The maximum absolute atomic E-state index is 11.6. The number of aryl methyl sites for hydroxylation is 1. The third kappa shape index (κ3) is 2.91. The second-order valence-corrected chi connectivity index (χ2v) is 3.87. The number of rotatable bonds is 5. The van der Waals surface area contributed by atoms with E-state index < -0.39 is 0 Å². The highest BCUT2D eigenvalue weighted by molar-refractivity contribution is 5.07. The molecule has 1 aromatic heterocycles. The van der Waals surface area contributed by atoms with E-state index in [2.05, 4.69) is 23.8 Å². The van der Waals surface area contributed by atoms with Crippen LogP contribution in [0.25, 0.3) is 0 Å². The fourth-order valence-corrected chi connectivity index (χ4v) is 1.78. The molecule has 0 fully saturated rings. The number of hydrogen-bond acceptors (Lipinski definition) is 2. The molecule has 1 heterocycles. The van der Waals surface area contributed by atoms with Crippen molar-refractivity contribution >= 4 is 0 Å². The summed E-state index contributed by atoms with van der Waals surface area (Å²) in [5.74, 6) is 1.25. The van der Waals surface area contributed by atoms with Crippen LogP contribution in [0.1, 0.15) is 57.3 Å². The Bertz CT molecular complexity index is 357. The van der Waals surface area contributed by atoms with Gasteiger partial charge in [-0.25, -0.2) is 4.98 Å². The van der Waals surface area contributed by atoms with Crippen LogP contribution in [0.2, 0.25) is 0 Å². The summed E-state index contributed by atoms with van der Waals surface area (Å²) in [6, 6.07) is 0. The molecule has 0 spiro atoms. The van der Waals surface area contributed by atoms with Gasteiger partial charge in [0.15, 0.2) is 0 Å². The Morgan fingerprint density at radius 2 is 2.13 bits per heavy atom. The van der Waals surface area contributed by atoms with E-state index in [1.807, 2.05) is 6.92 Å². The smallest absolute Gasteiger partial charge is 0.254 e. The molecule has 0 radical (unpaired) electrons. The van der Waals surface area contributed by atoms with Crippen molar-refractivity contribution in [2.24, 2.45) is 0 Å². The van der Waals surface area contributed by atoms with E-state index in [1.165, 1.54) is 0 Å². The highest BCUT2D eigenvalue weighted by Crippen LogP contribution is 2.20. The molecule has 15 heavy (non-hydrogen) atoms. The van der Waals surface area contributed by atoms with Crippen molar-refractivity contribution in [3.63, 3.8) is 0 Å². The van der Waals surface area contributed by atoms with Gasteiger partial charge in [0.25, 0.3) is 5.56 Å². The summed E-state index contributed by atoms with van der Waals surface area (Å²) in [5.41, 5.74) is 0.794. The Morgan fingerprint density at radius 1 is 1.40 bits per heavy atom. The van der Waals surface area contributed by atoms with Gasteiger partial charge in [-0.1, -0.05) is 27.2 Å². The number of nitrogens with zero attached hydrogens (tertiary/aromatic N) is 1. The lowest BCUT2D eigenvalue weighted by atomic mass is 10.00. The number of nitrogens with one attached hydrogen (secondary N) is 1. The van der Waals surface area contributed by atoms with Crippen LogP contribution in [-0.2, 0) is 6.42 Å². The van der Waals surface area contributed by atoms with Crippen LogP contribution in [0.15, 0.2) is 11.0 Å². The normalized spacial score (nSPS) is 12.7. The minimum Gasteiger partial charge on any atom is -0.310 e. The Labute approximate surface area is 91.0 Å². The maximum Gasteiger partial charge on any atom is 0.254 e. The van der Waals surface area contributed by atoms with Crippen LogP contribution in [0.5, 0.6) is 0 Å². The van der Waals surface area contributed by atoms with Crippen molar-refractivity contribution in [2.45, 2.75) is 52.4 Å². The number of aromatic nitrogens is 2. The molecular weight excluding hydrogens is 188 g/mol. The number of hydrogen-bond donors (Lipinski definition) is 1. The average molecular weight is 208 g/mol. The van der Waals surface area contributed by atoms with Crippen LogP contribution in [0.4, 0.5) is 0 Å². The Kier molecular flexibility index (Phi) is 4.53. The predicted octanol–water partition coefficient (Wildman–Crippen LogP) is 2.63. The number of aromatic amines is 1.